The lowest BCUT2D eigenvalue weighted by molar-refractivity contribution is -0.136. The van der Waals surface area contributed by atoms with Crippen molar-refractivity contribution in [3.63, 3.8) is 0 Å². The van der Waals surface area contributed by atoms with Crippen LogP contribution in [0.3, 0.4) is 0 Å². The maximum atomic E-state index is 12.4. The van der Waals surface area contributed by atoms with Crippen LogP contribution in [0.2, 0.25) is 0 Å². The first kappa shape index (κ1) is 19.8. The summed E-state index contributed by atoms with van der Waals surface area (Å²) in [6.45, 7) is 5.51. The number of hydrogen-bond acceptors (Lipinski definition) is 6. The van der Waals surface area contributed by atoms with E-state index in [2.05, 4.69) is 23.3 Å². The van der Waals surface area contributed by atoms with Crippen LogP contribution in [-0.4, -0.2) is 56.7 Å². The van der Waals surface area contributed by atoms with E-state index in [1.165, 1.54) is 32.4 Å². The number of benzene rings is 1. The van der Waals surface area contributed by atoms with Gasteiger partial charge in [-0.1, -0.05) is 13.8 Å². The minimum Gasteiger partial charge on any atom is -0.484 e. The summed E-state index contributed by atoms with van der Waals surface area (Å²) in [5.41, 5.74) is 0.302. The van der Waals surface area contributed by atoms with Crippen molar-refractivity contribution in [1.29, 1.82) is 0 Å². The van der Waals surface area contributed by atoms with Crippen molar-refractivity contribution in [2.45, 2.75) is 20.3 Å². The van der Waals surface area contributed by atoms with Crippen molar-refractivity contribution >= 4 is 17.8 Å². The average molecular weight is 363 g/mol. The van der Waals surface area contributed by atoms with Gasteiger partial charge in [0.05, 0.1) is 25.3 Å². The molecule has 7 nitrogen and oxygen atoms in total. The molecule has 1 aromatic rings. The van der Waals surface area contributed by atoms with Gasteiger partial charge in [0.1, 0.15) is 5.75 Å². The Hall–Kier alpha value is -2.57. The second-order valence-corrected chi connectivity index (χ2v) is 6.76. The number of carbonyl (C=O) groups excluding carboxylic acids is 3. The zero-order valence-electron chi connectivity index (χ0n) is 15.6. The van der Waals surface area contributed by atoms with E-state index in [1.54, 1.807) is 4.90 Å². The number of ether oxygens (including phenoxy) is 3. The first-order valence-electron chi connectivity index (χ1n) is 8.56. The summed E-state index contributed by atoms with van der Waals surface area (Å²) in [7, 11) is 2.49. The van der Waals surface area contributed by atoms with Crippen molar-refractivity contribution in [2.24, 2.45) is 11.8 Å². The van der Waals surface area contributed by atoms with Gasteiger partial charge >= 0.3 is 11.9 Å². The monoisotopic (exact) mass is 363 g/mol. The molecule has 0 aliphatic carbocycles. The molecule has 0 radical (unpaired) electrons. The fraction of sp³-hybridized carbons (Fsp3) is 0.526. The van der Waals surface area contributed by atoms with E-state index in [-0.39, 0.29) is 29.4 Å². The van der Waals surface area contributed by atoms with Crippen LogP contribution in [0, 0.1) is 11.8 Å². The minimum atomic E-state index is -0.606. The quantitative estimate of drug-likeness (QED) is 0.746. The lowest BCUT2D eigenvalue weighted by Gasteiger charge is -2.34. The minimum absolute atomic E-state index is 0.119. The molecule has 2 atom stereocenters. The van der Waals surface area contributed by atoms with Crippen LogP contribution in [0.5, 0.6) is 5.75 Å². The number of amides is 1. The first-order valence-corrected chi connectivity index (χ1v) is 8.56. The van der Waals surface area contributed by atoms with E-state index >= 15 is 0 Å². The van der Waals surface area contributed by atoms with E-state index in [0.717, 1.165) is 6.42 Å². The lowest BCUT2D eigenvalue weighted by atomic mass is 9.92. The Balaban J connectivity index is 2.11. The molecule has 142 valence electrons. The number of likely N-dealkylation sites (tertiary alicyclic amines) is 1. The van der Waals surface area contributed by atoms with E-state index in [0.29, 0.717) is 24.9 Å². The molecule has 0 spiro atoms. The van der Waals surface area contributed by atoms with Crippen LogP contribution in [0.15, 0.2) is 18.2 Å². The van der Waals surface area contributed by atoms with E-state index in [1.807, 2.05) is 0 Å². The van der Waals surface area contributed by atoms with Crippen molar-refractivity contribution in [3.8, 4) is 5.75 Å². The molecule has 7 heteroatoms. The zero-order valence-corrected chi connectivity index (χ0v) is 15.6. The summed E-state index contributed by atoms with van der Waals surface area (Å²) < 4.78 is 14.9. The van der Waals surface area contributed by atoms with Crippen molar-refractivity contribution in [1.82, 2.24) is 4.90 Å². The largest absolute Gasteiger partial charge is 0.484 e. The number of rotatable bonds is 5. The number of methoxy groups -OCH3 is 2. The van der Waals surface area contributed by atoms with Crippen LogP contribution < -0.4 is 4.74 Å². The van der Waals surface area contributed by atoms with Gasteiger partial charge in [0.2, 0.25) is 0 Å². The molecule has 0 bridgehead atoms. The van der Waals surface area contributed by atoms with Gasteiger partial charge < -0.3 is 19.1 Å². The van der Waals surface area contributed by atoms with E-state index in [4.69, 9.17) is 4.74 Å². The maximum Gasteiger partial charge on any atom is 0.338 e. The summed E-state index contributed by atoms with van der Waals surface area (Å²) >= 11 is 0. The fourth-order valence-corrected chi connectivity index (χ4v) is 3.26. The van der Waals surface area contributed by atoms with Crippen LogP contribution in [0.1, 0.15) is 41.0 Å². The second kappa shape index (κ2) is 8.69. The lowest BCUT2D eigenvalue weighted by Crippen LogP contribution is -2.44. The molecule has 26 heavy (non-hydrogen) atoms. The van der Waals surface area contributed by atoms with Crippen LogP contribution in [0.4, 0.5) is 0 Å². The molecular formula is C19H25NO6. The molecule has 2 rings (SSSR count). The highest BCUT2D eigenvalue weighted by Gasteiger charge is 2.25. The topological polar surface area (TPSA) is 82.1 Å². The Bertz CT molecular complexity index is 642. The van der Waals surface area contributed by atoms with E-state index in [9.17, 15) is 14.4 Å². The number of piperidine rings is 1. The van der Waals surface area contributed by atoms with Gasteiger partial charge in [-0.3, -0.25) is 4.79 Å². The van der Waals surface area contributed by atoms with Gasteiger partial charge in [-0.25, -0.2) is 9.59 Å². The van der Waals surface area contributed by atoms with Crippen LogP contribution in [-0.2, 0) is 14.3 Å². The fourth-order valence-electron chi connectivity index (χ4n) is 3.26. The normalized spacial score (nSPS) is 19.6. The molecule has 1 aromatic carbocycles. The summed E-state index contributed by atoms with van der Waals surface area (Å²) in [6, 6.07) is 4.24. The van der Waals surface area contributed by atoms with Crippen LogP contribution in [0.25, 0.3) is 0 Å². The highest BCUT2D eigenvalue weighted by atomic mass is 16.5. The molecule has 0 N–H and O–H groups in total. The van der Waals surface area contributed by atoms with Crippen molar-refractivity contribution in [3.05, 3.63) is 29.3 Å². The highest BCUT2D eigenvalue weighted by molar-refractivity contribution is 5.96. The third-order valence-corrected chi connectivity index (χ3v) is 4.33. The number of esters is 2. The molecule has 2 unspecified atom stereocenters. The van der Waals surface area contributed by atoms with Gasteiger partial charge in [-0.2, -0.15) is 0 Å². The SMILES string of the molecule is COC(=O)c1cc(OCC(=O)N2CC(C)CC(C)C2)cc(C(=O)OC)c1. The summed E-state index contributed by atoms with van der Waals surface area (Å²) in [5.74, 6) is -0.185. The molecule has 1 amide bonds. The first-order chi connectivity index (χ1) is 12.3. The molecule has 0 saturated carbocycles. The maximum absolute atomic E-state index is 12.4. The Kier molecular flexibility index (Phi) is 6.60. The van der Waals surface area contributed by atoms with Gasteiger partial charge in [0, 0.05) is 13.1 Å². The zero-order chi connectivity index (χ0) is 19.3. The predicted molar refractivity (Wildman–Crippen MR) is 94.1 cm³/mol. The number of hydrogen-bond donors (Lipinski definition) is 0. The molecule has 1 saturated heterocycles. The number of carbonyl (C=O) groups is 3. The Morgan fingerprint density at radius 1 is 0.962 bits per heavy atom. The Morgan fingerprint density at radius 2 is 1.46 bits per heavy atom. The number of nitrogens with zero attached hydrogens (tertiary/aromatic N) is 1. The van der Waals surface area contributed by atoms with Crippen molar-refractivity contribution in [2.75, 3.05) is 33.9 Å². The van der Waals surface area contributed by atoms with E-state index < -0.39 is 11.9 Å². The Labute approximate surface area is 153 Å². The average Bonchev–Trinajstić information content (AvgIpc) is 2.63. The second-order valence-electron chi connectivity index (χ2n) is 6.76. The molecular weight excluding hydrogens is 338 g/mol. The van der Waals surface area contributed by atoms with Gasteiger partial charge in [0.15, 0.2) is 6.61 Å². The molecule has 0 aromatic heterocycles. The summed E-state index contributed by atoms with van der Waals surface area (Å²) in [5, 5.41) is 0. The Morgan fingerprint density at radius 3 is 1.92 bits per heavy atom. The van der Waals surface area contributed by atoms with Gasteiger partial charge in [-0.15, -0.1) is 0 Å². The molecule has 1 heterocycles. The third-order valence-electron chi connectivity index (χ3n) is 4.33. The predicted octanol–water partition coefficient (Wildman–Crippen LogP) is 2.14. The third kappa shape index (κ3) is 4.97. The highest BCUT2D eigenvalue weighted by Crippen LogP contribution is 2.22. The van der Waals surface area contributed by atoms with Crippen molar-refractivity contribution < 1.29 is 28.6 Å². The molecule has 1 aliphatic heterocycles. The summed E-state index contributed by atoms with van der Waals surface area (Å²) in [6.07, 6.45) is 1.11. The van der Waals surface area contributed by atoms with Crippen LogP contribution >= 0.6 is 0 Å². The summed E-state index contributed by atoms with van der Waals surface area (Å²) in [4.78, 5) is 37.8. The van der Waals surface area contributed by atoms with Gasteiger partial charge in [-0.05, 0) is 36.5 Å². The standard InChI is InChI=1S/C19H25NO6/c1-12-5-13(2)10-20(9-12)17(21)11-26-16-7-14(18(22)24-3)6-15(8-16)19(23)25-4/h6-8,12-13H,5,9-11H2,1-4H3. The van der Waals surface area contributed by atoms with Gasteiger partial charge in [0.25, 0.3) is 5.91 Å². The molecule has 1 fully saturated rings. The molecule has 1 aliphatic rings. The smallest absolute Gasteiger partial charge is 0.338 e.